The molecule has 0 aromatic heterocycles. The SMILES string of the molecule is CCOC(=O)CC1CN=C(c2ccc(C(F)(F)F)cc2)S1. The van der Waals surface area contributed by atoms with Crippen LogP contribution in [-0.4, -0.2) is 29.4 Å². The summed E-state index contributed by atoms with van der Waals surface area (Å²) in [4.78, 5) is 15.7. The standard InChI is InChI=1S/C14H14F3NO2S/c1-2-20-12(19)7-11-8-18-13(21-11)9-3-5-10(6-4-9)14(15,16)17/h3-6,11H,2,7-8H2,1H3. The molecule has 1 heterocycles. The van der Waals surface area contributed by atoms with E-state index in [1.807, 2.05) is 0 Å². The molecule has 1 aliphatic heterocycles. The van der Waals surface area contributed by atoms with Crippen LogP contribution in [0.3, 0.4) is 0 Å². The molecule has 114 valence electrons. The fourth-order valence-electron chi connectivity index (χ4n) is 1.89. The molecule has 1 atom stereocenters. The number of carbonyl (C=O) groups excluding carboxylic acids is 1. The number of ether oxygens (including phenoxy) is 1. The first-order valence-electron chi connectivity index (χ1n) is 6.44. The fourth-order valence-corrected chi connectivity index (χ4v) is 3.00. The second kappa shape index (κ2) is 6.51. The van der Waals surface area contributed by atoms with E-state index in [4.69, 9.17) is 4.74 Å². The van der Waals surface area contributed by atoms with Crippen LogP contribution in [0.1, 0.15) is 24.5 Å². The topological polar surface area (TPSA) is 38.7 Å². The molecular weight excluding hydrogens is 303 g/mol. The molecule has 1 aliphatic rings. The number of aliphatic imine (C=N–C) groups is 1. The molecule has 7 heteroatoms. The molecule has 0 spiro atoms. The molecule has 0 amide bonds. The lowest BCUT2D eigenvalue weighted by Gasteiger charge is -2.09. The highest BCUT2D eigenvalue weighted by Gasteiger charge is 2.30. The van der Waals surface area contributed by atoms with Crippen molar-refractivity contribution in [1.82, 2.24) is 0 Å². The van der Waals surface area contributed by atoms with E-state index in [9.17, 15) is 18.0 Å². The van der Waals surface area contributed by atoms with Crippen molar-refractivity contribution in [3.8, 4) is 0 Å². The number of rotatable bonds is 4. The quantitative estimate of drug-likeness (QED) is 0.798. The molecule has 1 unspecified atom stereocenters. The van der Waals surface area contributed by atoms with E-state index < -0.39 is 11.7 Å². The van der Waals surface area contributed by atoms with Crippen molar-refractivity contribution in [2.75, 3.05) is 13.2 Å². The highest BCUT2D eigenvalue weighted by molar-refractivity contribution is 8.15. The average molecular weight is 317 g/mol. The second-order valence-corrected chi connectivity index (χ2v) is 5.76. The summed E-state index contributed by atoms with van der Waals surface area (Å²) in [5.74, 6) is -0.279. The van der Waals surface area contributed by atoms with Crippen LogP contribution in [0.2, 0.25) is 0 Å². The van der Waals surface area contributed by atoms with Gasteiger partial charge in [-0.15, -0.1) is 11.8 Å². The van der Waals surface area contributed by atoms with Gasteiger partial charge in [-0.05, 0) is 19.1 Å². The van der Waals surface area contributed by atoms with Gasteiger partial charge in [0.1, 0.15) is 0 Å². The van der Waals surface area contributed by atoms with Gasteiger partial charge >= 0.3 is 12.1 Å². The molecule has 1 aromatic rings. The molecule has 0 aliphatic carbocycles. The third kappa shape index (κ3) is 4.23. The number of benzene rings is 1. The summed E-state index contributed by atoms with van der Waals surface area (Å²) in [5, 5.41) is 0.652. The van der Waals surface area contributed by atoms with Crippen LogP contribution >= 0.6 is 11.8 Å². The van der Waals surface area contributed by atoms with E-state index in [0.717, 1.165) is 12.1 Å². The Morgan fingerprint density at radius 3 is 2.62 bits per heavy atom. The third-order valence-corrected chi connectivity index (χ3v) is 4.11. The highest BCUT2D eigenvalue weighted by atomic mass is 32.2. The van der Waals surface area contributed by atoms with Gasteiger partial charge in [0.15, 0.2) is 0 Å². The first-order chi connectivity index (χ1) is 9.90. The Hall–Kier alpha value is -1.50. The van der Waals surface area contributed by atoms with Crippen molar-refractivity contribution in [2.24, 2.45) is 4.99 Å². The van der Waals surface area contributed by atoms with Crippen LogP contribution in [0.25, 0.3) is 0 Å². The third-order valence-electron chi connectivity index (χ3n) is 2.88. The molecule has 0 radical (unpaired) electrons. The minimum absolute atomic E-state index is 0.0126. The van der Waals surface area contributed by atoms with Crippen molar-refractivity contribution in [3.05, 3.63) is 35.4 Å². The number of hydrogen-bond donors (Lipinski definition) is 0. The minimum Gasteiger partial charge on any atom is -0.466 e. The minimum atomic E-state index is -4.34. The van der Waals surface area contributed by atoms with E-state index in [-0.39, 0.29) is 17.6 Å². The normalized spacial score (nSPS) is 18.5. The molecule has 2 rings (SSSR count). The zero-order valence-electron chi connectivity index (χ0n) is 11.3. The van der Waals surface area contributed by atoms with Crippen molar-refractivity contribution in [1.29, 1.82) is 0 Å². The van der Waals surface area contributed by atoms with Crippen molar-refractivity contribution >= 4 is 22.8 Å². The van der Waals surface area contributed by atoms with Gasteiger partial charge in [-0.3, -0.25) is 9.79 Å². The van der Waals surface area contributed by atoms with Crippen LogP contribution in [0.4, 0.5) is 13.2 Å². The molecule has 0 saturated heterocycles. The lowest BCUT2D eigenvalue weighted by molar-refractivity contribution is -0.143. The number of alkyl halides is 3. The van der Waals surface area contributed by atoms with Crippen molar-refractivity contribution in [3.63, 3.8) is 0 Å². The maximum absolute atomic E-state index is 12.5. The van der Waals surface area contributed by atoms with Crippen molar-refractivity contribution in [2.45, 2.75) is 24.8 Å². The highest BCUT2D eigenvalue weighted by Crippen LogP contribution is 2.32. The maximum Gasteiger partial charge on any atom is 0.416 e. The first-order valence-corrected chi connectivity index (χ1v) is 7.32. The summed E-state index contributed by atoms with van der Waals surface area (Å²) in [6, 6.07) is 4.89. The molecule has 3 nitrogen and oxygen atoms in total. The Labute approximate surface area is 124 Å². The zero-order chi connectivity index (χ0) is 15.5. The number of halogens is 3. The number of carbonyl (C=O) groups is 1. The van der Waals surface area contributed by atoms with Gasteiger partial charge in [-0.25, -0.2) is 0 Å². The van der Waals surface area contributed by atoms with E-state index in [0.29, 0.717) is 23.8 Å². The predicted octanol–water partition coefficient (Wildman–Crippen LogP) is 3.52. The van der Waals surface area contributed by atoms with Gasteiger partial charge in [0.25, 0.3) is 0 Å². The van der Waals surface area contributed by atoms with E-state index >= 15 is 0 Å². The zero-order valence-corrected chi connectivity index (χ0v) is 12.1. The molecule has 21 heavy (non-hydrogen) atoms. The summed E-state index contributed by atoms with van der Waals surface area (Å²) >= 11 is 1.40. The van der Waals surface area contributed by atoms with Crippen LogP contribution in [-0.2, 0) is 15.7 Å². The Morgan fingerprint density at radius 2 is 2.05 bits per heavy atom. The summed E-state index contributed by atoms with van der Waals surface area (Å²) in [6.45, 7) is 2.55. The second-order valence-electron chi connectivity index (χ2n) is 4.47. The van der Waals surface area contributed by atoms with E-state index in [1.165, 1.54) is 23.9 Å². The van der Waals surface area contributed by atoms with Gasteiger partial charge in [-0.1, -0.05) is 12.1 Å². The predicted molar refractivity (Wildman–Crippen MR) is 75.5 cm³/mol. The first kappa shape index (κ1) is 15.9. The van der Waals surface area contributed by atoms with E-state index in [2.05, 4.69) is 4.99 Å². The molecule has 0 N–H and O–H groups in total. The molecule has 0 fully saturated rings. The van der Waals surface area contributed by atoms with Crippen LogP contribution in [0.15, 0.2) is 29.3 Å². The average Bonchev–Trinajstić information content (AvgIpc) is 2.86. The van der Waals surface area contributed by atoms with Gasteiger partial charge in [0.05, 0.1) is 30.2 Å². The summed E-state index contributed by atoms with van der Waals surface area (Å²) < 4.78 is 42.3. The Morgan fingerprint density at radius 1 is 1.38 bits per heavy atom. The van der Waals surface area contributed by atoms with Crippen LogP contribution in [0, 0.1) is 0 Å². The molecule has 0 saturated carbocycles. The Balaban J connectivity index is 1.97. The van der Waals surface area contributed by atoms with Crippen molar-refractivity contribution < 1.29 is 22.7 Å². The number of hydrogen-bond acceptors (Lipinski definition) is 4. The number of thioether (sulfide) groups is 1. The summed E-state index contributed by atoms with van der Waals surface area (Å²) in [7, 11) is 0. The summed E-state index contributed by atoms with van der Waals surface area (Å²) in [6.07, 6.45) is -4.08. The van der Waals surface area contributed by atoms with Gasteiger partial charge in [-0.2, -0.15) is 13.2 Å². The van der Waals surface area contributed by atoms with Crippen LogP contribution in [0.5, 0.6) is 0 Å². The van der Waals surface area contributed by atoms with Gasteiger partial charge < -0.3 is 4.74 Å². The van der Waals surface area contributed by atoms with Crippen LogP contribution < -0.4 is 0 Å². The Kier molecular flexibility index (Phi) is 4.92. The number of esters is 1. The lowest BCUT2D eigenvalue weighted by atomic mass is 10.1. The number of nitrogens with zero attached hydrogens (tertiary/aromatic N) is 1. The monoisotopic (exact) mass is 317 g/mol. The summed E-state index contributed by atoms with van der Waals surface area (Å²) in [5.41, 5.74) is -0.0442. The lowest BCUT2D eigenvalue weighted by Crippen LogP contribution is -2.14. The Bertz CT molecular complexity index is 540. The molecule has 1 aromatic carbocycles. The maximum atomic E-state index is 12.5. The van der Waals surface area contributed by atoms with E-state index in [1.54, 1.807) is 6.92 Å². The van der Waals surface area contributed by atoms with Gasteiger partial charge in [0, 0.05) is 10.8 Å². The smallest absolute Gasteiger partial charge is 0.416 e. The largest absolute Gasteiger partial charge is 0.466 e. The fraction of sp³-hybridized carbons (Fsp3) is 0.429. The molecular formula is C14H14F3NO2S. The molecule has 0 bridgehead atoms. The van der Waals surface area contributed by atoms with Gasteiger partial charge in [0.2, 0.25) is 0 Å².